The fraction of sp³-hybridized carbons (Fsp3) is 0.280. The molecule has 6 heteroatoms. The Morgan fingerprint density at radius 1 is 1.13 bits per heavy atom. The molecule has 4 heterocycles. The van der Waals surface area contributed by atoms with E-state index in [4.69, 9.17) is 4.98 Å². The number of fused-ring (bicyclic) bond motifs is 1. The molecule has 1 fully saturated rings. The van der Waals surface area contributed by atoms with Crippen LogP contribution in [-0.2, 0) is 0 Å². The molecule has 1 aliphatic rings. The molecule has 1 amide bonds. The van der Waals surface area contributed by atoms with E-state index in [2.05, 4.69) is 46.4 Å². The molecule has 31 heavy (non-hydrogen) atoms. The highest BCUT2D eigenvalue weighted by Gasteiger charge is 2.29. The molecular formula is C25H26N4OS. The maximum absolute atomic E-state index is 12.6. The summed E-state index contributed by atoms with van der Waals surface area (Å²) in [6.07, 6.45) is 5.60. The number of aryl methyl sites for hydroxylation is 1. The average Bonchev–Trinajstić information content (AvgIpc) is 3.44. The van der Waals surface area contributed by atoms with E-state index in [0.717, 1.165) is 41.1 Å². The zero-order valence-corrected chi connectivity index (χ0v) is 18.4. The number of carbonyl (C=O) groups excluding carboxylic acids is 1. The van der Waals surface area contributed by atoms with Gasteiger partial charge in [0.1, 0.15) is 0 Å². The van der Waals surface area contributed by atoms with Crippen LogP contribution in [0.1, 0.15) is 51.9 Å². The lowest BCUT2D eigenvalue weighted by atomic mass is 9.95. The second-order valence-corrected chi connectivity index (χ2v) is 9.06. The average molecular weight is 431 g/mol. The van der Waals surface area contributed by atoms with Crippen molar-refractivity contribution in [2.45, 2.75) is 32.2 Å². The maximum atomic E-state index is 12.6. The summed E-state index contributed by atoms with van der Waals surface area (Å²) in [7, 11) is 0. The van der Waals surface area contributed by atoms with Crippen LogP contribution in [0.25, 0.3) is 10.9 Å². The van der Waals surface area contributed by atoms with Gasteiger partial charge in [-0.25, -0.2) is 0 Å². The highest BCUT2D eigenvalue weighted by Crippen LogP contribution is 2.37. The first kappa shape index (κ1) is 20.0. The van der Waals surface area contributed by atoms with Gasteiger partial charge in [0.25, 0.3) is 5.91 Å². The van der Waals surface area contributed by atoms with Crippen LogP contribution in [0.5, 0.6) is 0 Å². The summed E-state index contributed by atoms with van der Waals surface area (Å²) in [4.78, 5) is 24.1. The Morgan fingerprint density at radius 2 is 2.00 bits per heavy atom. The highest BCUT2D eigenvalue weighted by atomic mass is 32.1. The van der Waals surface area contributed by atoms with Gasteiger partial charge in [0.2, 0.25) is 0 Å². The number of anilines is 1. The van der Waals surface area contributed by atoms with Gasteiger partial charge in [0.15, 0.2) is 0 Å². The molecule has 1 aromatic carbocycles. The molecule has 1 aliphatic heterocycles. The predicted molar refractivity (Wildman–Crippen MR) is 127 cm³/mol. The number of H-pyrrole nitrogens is 1. The lowest BCUT2D eigenvalue weighted by Gasteiger charge is -2.34. The standard InChI is InChI=1S/C25H26N4OS/c1-17-23(24(21-8-3-4-12-26-21)29-13-5-2-6-14-29)19-16-18(10-11-20(19)27-17)28-25(30)22-9-7-15-31-22/h3-4,7-12,15-16,24,27H,2,5-6,13-14H2,1H3,(H,28,30)/t24-/m0/s1. The molecule has 5 rings (SSSR count). The van der Waals surface area contributed by atoms with E-state index in [1.165, 1.54) is 36.2 Å². The smallest absolute Gasteiger partial charge is 0.265 e. The van der Waals surface area contributed by atoms with Crippen molar-refractivity contribution in [2.24, 2.45) is 0 Å². The van der Waals surface area contributed by atoms with Crippen LogP contribution in [0.3, 0.4) is 0 Å². The molecular weight excluding hydrogens is 404 g/mol. The Bertz CT molecular complexity index is 1180. The second-order valence-electron chi connectivity index (χ2n) is 8.11. The number of hydrogen-bond acceptors (Lipinski definition) is 4. The van der Waals surface area contributed by atoms with Crippen LogP contribution < -0.4 is 5.32 Å². The third-order valence-corrected chi connectivity index (χ3v) is 6.90. The number of nitrogens with zero attached hydrogens (tertiary/aromatic N) is 2. The first-order valence-electron chi connectivity index (χ1n) is 10.8. The van der Waals surface area contributed by atoms with Crippen LogP contribution in [-0.4, -0.2) is 33.9 Å². The number of benzene rings is 1. The third-order valence-electron chi connectivity index (χ3n) is 6.04. The summed E-state index contributed by atoms with van der Waals surface area (Å²) in [5.41, 5.74) is 5.37. The number of nitrogens with one attached hydrogen (secondary N) is 2. The lowest BCUT2D eigenvalue weighted by molar-refractivity contribution is 0.103. The van der Waals surface area contributed by atoms with Crippen LogP contribution in [0, 0.1) is 6.92 Å². The summed E-state index contributed by atoms with van der Waals surface area (Å²) in [5.74, 6) is -0.0690. The van der Waals surface area contributed by atoms with Gasteiger partial charge in [-0.3, -0.25) is 14.7 Å². The Balaban J connectivity index is 1.58. The third kappa shape index (κ3) is 4.01. The van der Waals surface area contributed by atoms with Gasteiger partial charge >= 0.3 is 0 Å². The van der Waals surface area contributed by atoms with Crippen molar-refractivity contribution in [3.05, 3.63) is 81.9 Å². The Kier molecular flexibility index (Phi) is 5.57. The fourth-order valence-corrected chi connectivity index (χ4v) is 5.23. The predicted octanol–water partition coefficient (Wildman–Crippen LogP) is 5.76. The van der Waals surface area contributed by atoms with Crippen molar-refractivity contribution >= 4 is 33.8 Å². The number of piperidine rings is 1. The van der Waals surface area contributed by atoms with Crippen molar-refractivity contribution in [3.8, 4) is 0 Å². The van der Waals surface area contributed by atoms with Crippen LogP contribution in [0.2, 0.25) is 0 Å². The maximum Gasteiger partial charge on any atom is 0.265 e. The first-order valence-corrected chi connectivity index (χ1v) is 11.7. The van der Waals surface area contributed by atoms with Gasteiger partial charge in [0.05, 0.1) is 16.6 Å². The summed E-state index contributed by atoms with van der Waals surface area (Å²) in [5, 5.41) is 6.12. The van der Waals surface area contributed by atoms with Crippen molar-refractivity contribution in [2.75, 3.05) is 18.4 Å². The van der Waals surface area contributed by atoms with E-state index < -0.39 is 0 Å². The second kappa shape index (κ2) is 8.65. The molecule has 0 saturated carbocycles. The summed E-state index contributed by atoms with van der Waals surface area (Å²) in [6, 6.07) is 16.1. The minimum absolute atomic E-state index is 0.0690. The van der Waals surface area contributed by atoms with Crippen molar-refractivity contribution in [1.29, 1.82) is 0 Å². The van der Waals surface area contributed by atoms with Gasteiger partial charge in [-0.1, -0.05) is 18.6 Å². The molecule has 0 bridgehead atoms. The zero-order valence-electron chi connectivity index (χ0n) is 17.6. The van der Waals surface area contributed by atoms with E-state index in [1.807, 2.05) is 35.8 Å². The van der Waals surface area contributed by atoms with Gasteiger partial charge in [-0.15, -0.1) is 11.3 Å². The number of amides is 1. The number of thiophene rings is 1. The molecule has 3 aromatic heterocycles. The highest BCUT2D eigenvalue weighted by molar-refractivity contribution is 7.12. The van der Waals surface area contributed by atoms with Gasteiger partial charge in [0, 0.05) is 34.0 Å². The first-order chi connectivity index (χ1) is 15.2. The molecule has 1 saturated heterocycles. The summed E-state index contributed by atoms with van der Waals surface area (Å²) in [6.45, 7) is 4.28. The van der Waals surface area contributed by atoms with E-state index in [0.29, 0.717) is 4.88 Å². The molecule has 0 radical (unpaired) electrons. The SMILES string of the molecule is Cc1[nH]c2ccc(NC(=O)c3cccs3)cc2c1[C@H](c1ccccn1)N1CCCCC1. The van der Waals surface area contributed by atoms with Crippen LogP contribution >= 0.6 is 11.3 Å². The van der Waals surface area contributed by atoms with E-state index in [-0.39, 0.29) is 11.9 Å². The normalized spacial score (nSPS) is 15.8. The Hall–Kier alpha value is -2.96. The number of rotatable bonds is 5. The van der Waals surface area contributed by atoms with Crippen molar-refractivity contribution in [3.63, 3.8) is 0 Å². The quantitative estimate of drug-likeness (QED) is 0.423. The lowest BCUT2D eigenvalue weighted by Crippen LogP contribution is -2.35. The molecule has 1 atom stereocenters. The Morgan fingerprint density at radius 3 is 2.74 bits per heavy atom. The number of likely N-dealkylation sites (tertiary alicyclic amines) is 1. The molecule has 5 nitrogen and oxygen atoms in total. The monoisotopic (exact) mass is 430 g/mol. The topological polar surface area (TPSA) is 61.0 Å². The largest absolute Gasteiger partial charge is 0.358 e. The number of pyridine rings is 1. The van der Waals surface area contributed by atoms with Crippen LogP contribution in [0.15, 0.2) is 60.1 Å². The number of hydrogen-bond donors (Lipinski definition) is 2. The number of aromatic nitrogens is 2. The summed E-state index contributed by atoms with van der Waals surface area (Å²) < 4.78 is 0. The minimum atomic E-state index is -0.0690. The molecule has 4 aromatic rings. The van der Waals surface area contributed by atoms with Crippen molar-refractivity contribution in [1.82, 2.24) is 14.9 Å². The van der Waals surface area contributed by atoms with E-state index >= 15 is 0 Å². The molecule has 0 aliphatic carbocycles. The zero-order chi connectivity index (χ0) is 21.2. The fourth-order valence-electron chi connectivity index (χ4n) is 4.61. The van der Waals surface area contributed by atoms with E-state index in [9.17, 15) is 4.79 Å². The van der Waals surface area contributed by atoms with Gasteiger partial charge in [-0.05, 0) is 74.6 Å². The number of carbonyl (C=O) groups is 1. The Labute approximate surface area is 186 Å². The summed E-state index contributed by atoms with van der Waals surface area (Å²) >= 11 is 1.45. The molecule has 158 valence electrons. The van der Waals surface area contributed by atoms with E-state index in [1.54, 1.807) is 0 Å². The minimum Gasteiger partial charge on any atom is -0.358 e. The number of aromatic amines is 1. The molecule has 0 unspecified atom stereocenters. The molecule has 2 N–H and O–H groups in total. The van der Waals surface area contributed by atoms with Gasteiger partial charge in [-0.2, -0.15) is 0 Å². The van der Waals surface area contributed by atoms with Crippen molar-refractivity contribution < 1.29 is 4.79 Å². The van der Waals surface area contributed by atoms with Gasteiger partial charge < -0.3 is 10.3 Å². The molecule has 0 spiro atoms. The van der Waals surface area contributed by atoms with Crippen LogP contribution in [0.4, 0.5) is 5.69 Å².